The van der Waals surface area contributed by atoms with Crippen LogP contribution in [0.15, 0.2) is 24.3 Å². The predicted molar refractivity (Wildman–Crippen MR) is 90.4 cm³/mol. The number of hydrogen-bond acceptors (Lipinski definition) is 5. The number of fused-ring (bicyclic) bond motifs is 2. The van der Waals surface area contributed by atoms with Crippen LogP contribution >= 0.6 is 0 Å². The van der Waals surface area contributed by atoms with Crippen molar-refractivity contribution < 1.29 is 14.3 Å². The van der Waals surface area contributed by atoms with E-state index in [9.17, 15) is 4.79 Å². The van der Waals surface area contributed by atoms with Crippen LogP contribution in [-0.2, 0) is 4.74 Å². The van der Waals surface area contributed by atoms with Crippen molar-refractivity contribution in [2.24, 2.45) is 0 Å². The fraction of sp³-hybridized carbons (Fsp3) is 0.611. The molecule has 0 radical (unpaired) electrons. The Morgan fingerprint density at radius 1 is 1.33 bits per heavy atom. The molecule has 1 spiro atoms. The molecule has 3 fully saturated rings. The van der Waals surface area contributed by atoms with Gasteiger partial charge in [-0.25, -0.2) is 0 Å². The van der Waals surface area contributed by atoms with Crippen LogP contribution in [0.1, 0.15) is 10.4 Å². The minimum atomic E-state index is 0.0908. The van der Waals surface area contributed by atoms with E-state index >= 15 is 0 Å². The highest BCUT2D eigenvalue weighted by atomic mass is 16.5. The third-order valence-corrected chi connectivity index (χ3v) is 5.49. The molecule has 0 saturated carbocycles. The summed E-state index contributed by atoms with van der Waals surface area (Å²) in [5.41, 5.74) is 0.790. The number of rotatable bonds is 2. The number of piperazine rings is 1. The number of likely N-dealkylation sites (N-methyl/N-ethyl adjacent to an activating group) is 1. The Kier molecular flexibility index (Phi) is 3.98. The van der Waals surface area contributed by atoms with Crippen molar-refractivity contribution in [2.45, 2.75) is 11.6 Å². The zero-order valence-electron chi connectivity index (χ0n) is 14.4. The molecular formula is C18H25N3O3. The molecule has 3 heterocycles. The third kappa shape index (κ3) is 2.59. The highest BCUT2D eigenvalue weighted by molar-refractivity contribution is 5.94. The van der Waals surface area contributed by atoms with Crippen molar-refractivity contribution >= 4 is 5.91 Å². The summed E-state index contributed by atoms with van der Waals surface area (Å²) in [7, 11) is 3.77. The van der Waals surface area contributed by atoms with Gasteiger partial charge < -0.3 is 19.3 Å². The number of methoxy groups -OCH3 is 1. The van der Waals surface area contributed by atoms with Crippen molar-refractivity contribution in [3.8, 4) is 5.75 Å². The molecule has 0 aromatic heterocycles. The van der Waals surface area contributed by atoms with Crippen molar-refractivity contribution in [3.05, 3.63) is 29.8 Å². The minimum absolute atomic E-state index is 0.0908. The van der Waals surface area contributed by atoms with E-state index in [4.69, 9.17) is 9.47 Å². The Hall–Kier alpha value is -1.63. The summed E-state index contributed by atoms with van der Waals surface area (Å²) in [6, 6.07) is 7.74. The second kappa shape index (κ2) is 6.02. The van der Waals surface area contributed by atoms with Crippen molar-refractivity contribution in [3.63, 3.8) is 0 Å². The SMILES string of the molecule is COc1cccc(C(=O)N2CC3COCCN3C3(CN(C)C3)C2)c1. The van der Waals surface area contributed by atoms with Crippen LogP contribution in [0.25, 0.3) is 0 Å². The van der Waals surface area contributed by atoms with E-state index in [0.717, 1.165) is 45.1 Å². The molecule has 1 aromatic rings. The Morgan fingerprint density at radius 3 is 2.92 bits per heavy atom. The first-order valence-corrected chi connectivity index (χ1v) is 8.58. The Labute approximate surface area is 142 Å². The van der Waals surface area contributed by atoms with Gasteiger partial charge in [-0.05, 0) is 25.2 Å². The lowest BCUT2D eigenvalue weighted by atomic mass is 9.83. The lowest BCUT2D eigenvalue weighted by Crippen LogP contribution is -2.80. The van der Waals surface area contributed by atoms with Gasteiger partial charge in [0.2, 0.25) is 0 Å². The van der Waals surface area contributed by atoms with Gasteiger partial charge in [-0.1, -0.05) is 6.07 Å². The summed E-state index contributed by atoms with van der Waals surface area (Å²) < 4.78 is 10.9. The van der Waals surface area contributed by atoms with Crippen LogP contribution in [0.4, 0.5) is 0 Å². The molecule has 130 valence electrons. The number of morpholine rings is 1. The number of amides is 1. The molecule has 3 aliphatic heterocycles. The monoisotopic (exact) mass is 331 g/mol. The maximum Gasteiger partial charge on any atom is 0.254 e. The zero-order valence-corrected chi connectivity index (χ0v) is 14.4. The predicted octanol–water partition coefficient (Wildman–Crippen LogP) is 0.536. The van der Waals surface area contributed by atoms with Gasteiger partial charge in [-0.2, -0.15) is 0 Å². The first-order chi connectivity index (χ1) is 11.6. The number of carbonyl (C=O) groups is 1. The van der Waals surface area contributed by atoms with Crippen LogP contribution in [0.5, 0.6) is 5.75 Å². The van der Waals surface area contributed by atoms with Gasteiger partial charge in [0, 0.05) is 38.3 Å². The molecule has 3 aliphatic rings. The Morgan fingerprint density at radius 2 is 2.17 bits per heavy atom. The smallest absolute Gasteiger partial charge is 0.254 e. The van der Waals surface area contributed by atoms with Crippen LogP contribution in [0.3, 0.4) is 0 Å². The lowest BCUT2D eigenvalue weighted by molar-refractivity contribution is -0.153. The summed E-state index contributed by atoms with van der Waals surface area (Å²) in [5, 5.41) is 0. The van der Waals surface area contributed by atoms with E-state index in [1.807, 2.05) is 29.2 Å². The third-order valence-electron chi connectivity index (χ3n) is 5.49. The first-order valence-electron chi connectivity index (χ1n) is 8.58. The van der Waals surface area contributed by atoms with Gasteiger partial charge in [-0.15, -0.1) is 0 Å². The minimum Gasteiger partial charge on any atom is -0.497 e. The summed E-state index contributed by atoms with van der Waals surface area (Å²) >= 11 is 0. The lowest BCUT2D eigenvalue weighted by Gasteiger charge is -2.62. The van der Waals surface area contributed by atoms with E-state index in [0.29, 0.717) is 18.2 Å². The van der Waals surface area contributed by atoms with Gasteiger partial charge >= 0.3 is 0 Å². The quantitative estimate of drug-likeness (QED) is 0.791. The topological polar surface area (TPSA) is 45.2 Å². The number of ether oxygens (including phenoxy) is 2. The number of hydrogen-bond donors (Lipinski definition) is 0. The molecule has 0 aliphatic carbocycles. The zero-order chi connectivity index (χ0) is 16.7. The average molecular weight is 331 g/mol. The molecule has 6 heteroatoms. The molecule has 1 aromatic carbocycles. The van der Waals surface area contributed by atoms with Crippen molar-refractivity contribution in [1.29, 1.82) is 0 Å². The molecule has 1 unspecified atom stereocenters. The molecular weight excluding hydrogens is 306 g/mol. The van der Waals surface area contributed by atoms with Crippen LogP contribution in [-0.4, -0.2) is 92.3 Å². The normalized spacial score (nSPS) is 26.8. The van der Waals surface area contributed by atoms with E-state index in [1.54, 1.807) is 7.11 Å². The summed E-state index contributed by atoms with van der Waals surface area (Å²) in [6.07, 6.45) is 0. The largest absolute Gasteiger partial charge is 0.497 e. The van der Waals surface area contributed by atoms with Crippen molar-refractivity contribution in [2.75, 3.05) is 60.1 Å². The Bertz CT molecular complexity index is 630. The van der Waals surface area contributed by atoms with E-state index < -0.39 is 0 Å². The van der Waals surface area contributed by atoms with Crippen LogP contribution < -0.4 is 4.74 Å². The molecule has 6 nitrogen and oxygen atoms in total. The highest BCUT2D eigenvalue weighted by Gasteiger charge is 2.53. The van der Waals surface area contributed by atoms with Crippen LogP contribution in [0, 0.1) is 0 Å². The fourth-order valence-electron chi connectivity index (χ4n) is 4.53. The fourth-order valence-corrected chi connectivity index (χ4v) is 4.53. The van der Waals surface area contributed by atoms with Gasteiger partial charge in [0.15, 0.2) is 0 Å². The second-order valence-corrected chi connectivity index (χ2v) is 7.24. The number of nitrogens with zero attached hydrogens (tertiary/aromatic N) is 3. The van der Waals surface area contributed by atoms with Crippen molar-refractivity contribution in [1.82, 2.24) is 14.7 Å². The summed E-state index contributed by atoms with van der Waals surface area (Å²) in [4.78, 5) is 20.0. The first kappa shape index (κ1) is 15.9. The summed E-state index contributed by atoms with van der Waals surface area (Å²) in [5.74, 6) is 0.812. The van der Waals surface area contributed by atoms with Crippen LogP contribution in [0.2, 0.25) is 0 Å². The average Bonchev–Trinajstić information content (AvgIpc) is 2.60. The molecule has 1 atom stereocenters. The standard InChI is InChI=1S/C18H25N3O3/c1-19-11-18(12-19)13-20(9-15-10-24-7-6-21(15)18)17(22)14-4-3-5-16(8-14)23-2/h3-5,8,15H,6-7,9-13H2,1-2H3. The molecule has 0 bridgehead atoms. The number of benzene rings is 1. The van der Waals surface area contributed by atoms with E-state index in [-0.39, 0.29) is 11.4 Å². The summed E-state index contributed by atoms with van der Waals surface area (Å²) in [6.45, 7) is 6.06. The maximum atomic E-state index is 13.0. The second-order valence-electron chi connectivity index (χ2n) is 7.24. The molecule has 0 N–H and O–H groups in total. The van der Waals surface area contributed by atoms with Gasteiger partial charge in [0.1, 0.15) is 5.75 Å². The molecule has 24 heavy (non-hydrogen) atoms. The number of likely N-dealkylation sites (tertiary alicyclic amines) is 1. The molecule has 1 amide bonds. The Balaban J connectivity index is 1.58. The molecule has 3 saturated heterocycles. The molecule has 4 rings (SSSR count). The van der Waals surface area contributed by atoms with Gasteiger partial charge in [-0.3, -0.25) is 9.69 Å². The van der Waals surface area contributed by atoms with E-state index in [1.165, 1.54) is 0 Å². The van der Waals surface area contributed by atoms with Gasteiger partial charge in [0.25, 0.3) is 5.91 Å². The van der Waals surface area contributed by atoms with Gasteiger partial charge in [0.05, 0.1) is 31.9 Å². The maximum absolute atomic E-state index is 13.0. The highest BCUT2D eigenvalue weighted by Crippen LogP contribution is 2.35. The number of carbonyl (C=O) groups excluding carboxylic acids is 1. The van der Waals surface area contributed by atoms with E-state index in [2.05, 4.69) is 16.8 Å².